The van der Waals surface area contributed by atoms with Crippen LogP contribution < -0.4 is 15.8 Å². The predicted molar refractivity (Wildman–Crippen MR) is 71.5 cm³/mol. The van der Waals surface area contributed by atoms with Crippen molar-refractivity contribution in [2.24, 2.45) is 5.73 Å². The number of thiocarbonyl (C=S) groups is 1. The average Bonchev–Trinajstić information content (AvgIpc) is 2.29. The minimum Gasteiger partial charge on any atom is -0.389 e. The van der Waals surface area contributed by atoms with E-state index in [2.05, 4.69) is 15.0 Å². The molecule has 0 unspecified atom stereocenters. The van der Waals surface area contributed by atoms with E-state index >= 15 is 0 Å². The van der Waals surface area contributed by atoms with Gasteiger partial charge in [0.2, 0.25) is 10.0 Å². The van der Waals surface area contributed by atoms with Gasteiger partial charge in [-0.1, -0.05) is 12.2 Å². The summed E-state index contributed by atoms with van der Waals surface area (Å²) in [5, 5.41) is 2.94. The van der Waals surface area contributed by atoms with Crippen molar-refractivity contribution in [2.45, 2.75) is 0 Å². The highest BCUT2D eigenvalue weighted by atomic mass is 32.2. The monoisotopic (exact) mass is 274 g/mol. The molecule has 0 fully saturated rings. The summed E-state index contributed by atoms with van der Waals surface area (Å²) in [4.78, 5) is 4.16. The second-order valence-electron chi connectivity index (χ2n) is 3.24. The van der Waals surface area contributed by atoms with E-state index in [0.717, 1.165) is 0 Å². The first-order chi connectivity index (χ1) is 7.96. The summed E-state index contributed by atoms with van der Waals surface area (Å²) >= 11 is 4.88. The van der Waals surface area contributed by atoms with Gasteiger partial charge in [0, 0.05) is 18.3 Å². The Labute approximate surface area is 106 Å². The Morgan fingerprint density at radius 2 is 2.29 bits per heavy atom. The van der Waals surface area contributed by atoms with Crippen LogP contribution in [0.1, 0.15) is 5.56 Å². The van der Waals surface area contributed by atoms with Crippen LogP contribution in [0.3, 0.4) is 0 Å². The van der Waals surface area contributed by atoms with Crippen molar-refractivity contribution < 1.29 is 8.42 Å². The van der Waals surface area contributed by atoms with Gasteiger partial charge < -0.3 is 11.1 Å². The SMILES string of the molecule is CNS(=O)(=O)CCNc1cnccc1C(N)=S. The predicted octanol–water partition coefficient (Wildman–Crippen LogP) is -0.323. The van der Waals surface area contributed by atoms with Crippen molar-refractivity contribution in [3.05, 3.63) is 24.0 Å². The fourth-order valence-electron chi connectivity index (χ4n) is 1.17. The Kier molecular flexibility index (Phi) is 4.79. The standard InChI is InChI=1S/C9H14N4O2S2/c1-11-17(14,15)5-4-13-8-6-12-3-2-7(8)9(10)16/h2-3,6,11,13H,4-5H2,1H3,(H2,10,16). The second kappa shape index (κ2) is 5.89. The van der Waals surface area contributed by atoms with E-state index in [0.29, 0.717) is 11.3 Å². The van der Waals surface area contributed by atoms with Crippen molar-refractivity contribution in [3.8, 4) is 0 Å². The van der Waals surface area contributed by atoms with Gasteiger partial charge in [0.1, 0.15) is 4.99 Å². The molecule has 0 saturated carbocycles. The molecule has 1 aromatic rings. The fraction of sp³-hybridized carbons (Fsp3) is 0.333. The first-order valence-corrected chi connectivity index (χ1v) is 6.91. The highest BCUT2D eigenvalue weighted by Crippen LogP contribution is 2.12. The van der Waals surface area contributed by atoms with E-state index in [-0.39, 0.29) is 17.3 Å². The van der Waals surface area contributed by atoms with Gasteiger partial charge in [0.25, 0.3) is 0 Å². The molecular formula is C9H14N4O2S2. The van der Waals surface area contributed by atoms with Gasteiger partial charge in [0.15, 0.2) is 0 Å². The summed E-state index contributed by atoms with van der Waals surface area (Å²) in [6.45, 7) is 0.254. The highest BCUT2D eigenvalue weighted by molar-refractivity contribution is 7.89. The smallest absolute Gasteiger partial charge is 0.213 e. The molecular weight excluding hydrogens is 260 g/mol. The number of sulfonamides is 1. The zero-order valence-corrected chi connectivity index (χ0v) is 10.9. The van der Waals surface area contributed by atoms with E-state index in [1.165, 1.54) is 7.05 Å². The molecule has 94 valence electrons. The van der Waals surface area contributed by atoms with Crippen LogP contribution in [0.15, 0.2) is 18.5 Å². The zero-order chi connectivity index (χ0) is 12.9. The third-order valence-electron chi connectivity index (χ3n) is 2.08. The maximum Gasteiger partial charge on any atom is 0.213 e. The van der Waals surface area contributed by atoms with Gasteiger partial charge in [0.05, 0.1) is 17.6 Å². The molecule has 0 aliphatic rings. The Morgan fingerprint density at radius 3 is 2.88 bits per heavy atom. The Hall–Kier alpha value is -1.25. The van der Waals surface area contributed by atoms with Crippen LogP contribution in [0.5, 0.6) is 0 Å². The highest BCUT2D eigenvalue weighted by Gasteiger charge is 2.08. The van der Waals surface area contributed by atoms with Crippen molar-refractivity contribution in [1.82, 2.24) is 9.71 Å². The summed E-state index contributed by atoms with van der Waals surface area (Å²) in [6, 6.07) is 1.68. The van der Waals surface area contributed by atoms with Gasteiger partial charge in [-0.05, 0) is 13.1 Å². The molecule has 4 N–H and O–H groups in total. The molecule has 1 aromatic heterocycles. The summed E-state index contributed by atoms with van der Waals surface area (Å²) in [5.41, 5.74) is 6.81. The van der Waals surface area contributed by atoms with Crippen LogP contribution in [-0.4, -0.2) is 37.7 Å². The lowest BCUT2D eigenvalue weighted by molar-refractivity contribution is 0.588. The minimum absolute atomic E-state index is 0.0326. The lowest BCUT2D eigenvalue weighted by Crippen LogP contribution is -2.26. The molecule has 0 aliphatic carbocycles. The molecule has 17 heavy (non-hydrogen) atoms. The summed E-state index contributed by atoms with van der Waals surface area (Å²) < 4.78 is 24.6. The van der Waals surface area contributed by atoms with Crippen LogP contribution in [0.4, 0.5) is 5.69 Å². The molecule has 0 atom stereocenters. The van der Waals surface area contributed by atoms with Crippen molar-refractivity contribution in [1.29, 1.82) is 0 Å². The first kappa shape index (κ1) is 13.8. The molecule has 1 rings (SSSR count). The number of hydrogen-bond acceptors (Lipinski definition) is 5. The Morgan fingerprint density at radius 1 is 1.59 bits per heavy atom. The third-order valence-corrected chi connectivity index (χ3v) is 3.67. The maximum atomic E-state index is 11.2. The van der Waals surface area contributed by atoms with Crippen molar-refractivity contribution in [2.75, 3.05) is 24.7 Å². The largest absolute Gasteiger partial charge is 0.389 e. The van der Waals surface area contributed by atoms with Gasteiger partial charge in [-0.3, -0.25) is 4.98 Å². The first-order valence-electron chi connectivity index (χ1n) is 4.85. The fourth-order valence-corrected chi connectivity index (χ4v) is 1.93. The number of anilines is 1. The molecule has 1 heterocycles. The number of rotatable bonds is 6. The third kappa shape index (κ3) is 4.25. The Bertz CT molecular complexity index is 501. The van der Waals surface area contributed by atoms with Crippen molar-refractivity contribution in [3.63, 3.8) is 0 Å². The van der Waals surface area contributed by atoms with Crippen LogP contribution in [-0.2, 0) is 10.0 Å². The van der Waals surface area contributed by atoms with E-state index in [4.69, 9.17) is 18.0 Å². The number of pyridine rings is 1. The quantitative estimate of drug-likeness (QED) is 0.615. The summed E-state index contributed by atoms with van der Waals surface area (Å²) in [7, 11) is -1.84. The molecule has 0 amide bonds. The maximum absolute atomic E-state index is 11.2. The van der Waals surface area contributed by atoms with Gasteiger partial charge in [-0.25, -0.2) is 13.1 Å². The normalized spacial score (nSPS) is 11.1. The molecule has 0 radical (unpaired) electrons. The number of nitrogens with one attached hydrogen (secondary N) is 2. The second-order valence-corrected chi connectivity index (χ2v) is 5.72. The van der Waals surface area contributed by atoms with E-state index in [1.807, 2.05) is 0 Å². The van der Waals surface area contributed by atoms with Crippen LogP contribution >= 0.6 is 12.2 Å². The van der Waals surface area contributed by atoms with Crippen LogP contribution in [0.25, 0.3) is 0 Å². The molecule has 6 nitrogen and oxygen atoms in total. The number of aromatic nitrogens is 1. The van der Waals surface area contributed by atoms with Crippen molar-refractivity contribution >= 4 is 32.9 Å². The molecule has 0 aromatic carbocycles. The van der Waals surface area contributed by atoms with Gasteiger partial charge >= 0.3 is 0 Å². The topological polar surface area (TPSA) is 97.1 Å². The zero-order valence-electron chi connectivity index (χ0n) is 9.30. The van der Waals surface area contributed by atoms with E-state index in [9.17, 15) is 8.42 Å². The number of nitrogens with two attached hydrogens (primary N) is 1. The molecule has 0 aliphatic heterocycles. The summed E-state index contributed by atoms with van der Waals surface area (Å²) in [6.07, 6.45) is 3.13. The van der Waals surface area contributed by atoms with E-state index < -0.39 is 10.0 Å². The number of nitrogens with zero attached hydrogens (tertiary/aromatic N) is 1. The molecule has 0 bridgehead atoms. The number of hydrogen-bond donors (Lipinski definition) is 3. The average molecular weight is 274 g/mol. The molecule has 0 spiro atoms. The molecule has 0 saturated heterocycles. The lowest BCUT2D eigenvalue weighted by atomic mass is 10.2. The van der Waals surface area contributed by atoms with Gasteiger partial charge in [-0.15, -0.1) is 0 Å². The lowest BCUT2D eigenvalue weighted by Gasteiger charge is -2.10. The van der Waals surface area contributed by atoms with E-state index in [1.54, 1.807) is 18.5 Å². The minimum atomic E-state index is -3.22. The van der Waals surface area contributed by atoms with Gasteiger partial charge in [-0.2, -0.15) is 0 Å². The van der Waals surface area contributed by atoms with Crippen LogP contribution in [0, 0.1) is 0 Å². The van der Waals surface area contributed by atoms with Crippen LogP contribution in [0.2, 0.25) is 0 Å². The molecule has 8 heteroatoms. The Balaban J connectivity index is 2.67. The summed E-state index contributed by atoms with van der Waals surface area (Å²) in [5.74, 6) is -0.0326.